The van der Waals surface area contributed by atoms with Gasteiger partial charge in [0.05, 0.1) is 13.2 Å². The Bertz CT molecular complexity index is 749. The SMILES string of the molecule is Cc1cccc(OCCNC(=O)NCc2ccc(COCC(F)(F)F)cc2)c1. The molecule has 0 atom stereocenters. The van der Waals surface area contributed by atoms with Gasteiger partial charge in [0.1, 0.15) is 19.0 Å². The molecule has 0 fully saturated rings. The minimum absolute atomic E-state index is 0.116. The fraction of sp³-hybridized carbons (Fsp3) is 0.350. The second kappa shape index (κ2) is 10.6. The van der Waals surface area contributed by atoms with Gasteiger partial charge >= 0.3 is 12.2 Å². The maximum atomic E-state index is 12.0. The van der Waals surface area contributed by atoms with Gasteiger partial charge in [0, 0.05) is 6.54 Å². The van der Waals surface area contributed by atoms with E-state index in [0.29, 0.717) is 25.3 Å². The average Bonchev–Trinajstić information content (AvgIpc) is 2.64. The van der Waals surface area contributed by atoms with Crippen LogP contribution in [-0.2, 0) is 17.9 Å². The number of benzene rings is 2. The standard InChI is InChI=1S/C20H23F3N2O3/c1-15-3-2-4-18(11-15)28-10-9-24-19(26)25-12-16-5-7-17(8-6-16)13-27-14-20(21,22)23/h2-8,11H,9-10,12-14H2,1H3,(H2,24,25,26). The Morgan fingerprint density at radius 2 is 1.75 bits per heavy atom. The molecular weight excluding hydrogens is 373 g/mol. The van der Waals surface area contributed by atoms with E-state index in [1.54, 1.807) is 24.3 Å². The highest BCUT2D eigenvalue weighted by molar-refractivity contribution is 5.73. The van der Waals surface area contributed by atoms with E-state index in [1.807, 2.05) is 31.2 Å². The molecule has 0 heterocycles. The third-order valence-electron chi connectivity index (χ3n) is 3.66. The Kier molecular flexibility index (Phi) is 8.13. The first-order valence-corrected chi connectivity index (χ1v) is 8.75. The molecule has 0 aliphatic rings. The smallest absolute Gasteiger partial charge is 0.411 e. The summed E-state index contributed by atoms with van der Waals surface area (Å²) in [6, 6.07) is 14.1. The van der Waals surface area contributed by atoms with Crippen LogP contribution in [-0.4, -0.2) is 32.0 Å². The number of alkyl halides is 3. The zero-order valence-corrected chi connectivity index (χ0v) is 15.5. The van der Waals surface area contributed by atoms with Gasteiger partial charge in [-0.2, -0.15) is 13.2 Å². The van der Waals surface area contributed by atoms with E-state index in [4.69, 9.17) is 4.74 Å². The van der Waals surface area contributed by atoms with Gasteiger partial charge in [0.25, 0.3) is 0 Å². The van der Waals surface area contributed by atoms with Crippen LogP contribution in [0.2, 0.25) is 0 Å². The molecule has 2 aromatic rings. The Morgan fingerprint density at radius 1 is 1.04 bits per heavy atom. The van der Waals surface area contributed by atoms with Gasteiger partial charge in [0.2, 0.25) is 0 Å². The van der Waals surface area contributed by atoms with E-state index in [2.05, 4.69) is 15.4 Å². The monoisotopic (exact) mass is 396 g/mol. The minimum Gasteiger partial charge on any atom is -0.492 e. The summed E-state index contributed by atoms with van der Waals surface area (Å²) in [4.78, 5) is 11.8. The molecule has 8 heteroatoms. The molecule has 2 N–H and O–H groups in total. The molecule has 2 amide bonds. The molecule has 0 aliphatic heterocycles. The van der Waals surface area contributed by atoms with Gasteiger partial charge in [-0.1, -0.05) is 36.4 Å². The number of halogens is 3. The third-order valence-corrected chi connectivity index (χ3v) is 3.66. The summed E-state index contributed by atoms with van der Waals surface area (Å²) in [6.07, 6.45) is -4.33. The highest BCUT2D eigenvalue weighted by Gasteiger charge is 2.27. The zero-order chi connectivity index (χ0) is 20.4. The van der Waals surface area contributed by atoms with Gasteiger partial charge in [-0.05, 0) is 35.7 Å². The molecule has 0 aromatic heterocycles. The lowest BCUT2D eigenvalue weighted by molar-refractivity contribution is -0.176. The van der Waals surface area contributed by atoms with Crippen molar-refractivity contribution in [3.63, 3.8) is 0 Å². The third kappa shape index (κ3) is 8.77. The van der Waals surface area contributed by atoms with Crippen molar-refractivity contribution < 1.29 is 27.4 Å². The lowest BCUT2D eigenvalue weighted by Gasteiger charge is -2.10. The molecule has 0 saturated carbocycles. The minimum atomic E-state index is -4.33. The number of urea groups is 1. The first-order valence-electron chi connectivity index (χ1n) is 8.75. The molecule has 0 aliphatic carbocycles. The quantitative estimate of drug-likeness (QED) is 0.631. The van der Waals surface area contributed by atoms with Crippen molar-refractivity contribution in [3.05, 3.63) is 65.2 Å². The normalized spacial score (nSPS) is 11.1. The van der Waals surface area contributed by atoms with Crippen molar-refractivity contribution in [3.8, 4) is 5.75 Å². The number of amides is 2. The molecular formula is C20H23F3N2O3. The fourth-order valence-corrected chi connectivity index (χ4v) is 2.32. The van der Waals surface area contributed by atoms with Crippen molar-refractivity contribution in [2.45, 2.75) is 26.3 Å². The molecule has 0 spiro atoms. The number of hydrogen-bond donors (Lipinski definition) is 2. The van der Waals surface area contributed by atoms with Crippen LogP contribution in [0.15, 0.2) is 48.5 Å². The molecule has 0 saturated heterocycles. The average molecular weight is 396 g/mol. The maximum absolute atomic E-state index is 12.0. The number of ether oxygens (including phenoxy) is 2. The Hall–Kier alpha value is -2.74. The number of carbonyl (C=O) groups is 1. The van der Waals surface area contributed by atoms with Gasteiger partial charge < -0.3 is 20.1 Å². The van der Waals surface area contributed by atoms with Gasteiger partial charge in [-0.25, -0.2) is 4.79 Å². The van der Waals surface area contributed by atoms with Crippen LogP contribution in [0.3, 0.4) is 0 Å². The van der Waals surface area contributed by atoms with Gasteiger partial charge in [-0.15, -0.1) is 0 Å². The predicted octanol–water partition coefficient (Wildman–Crippen LogP) is 3.95. The van der Waals surface area contributed by atoms with E-state index in [1.165, 1.54) is 0 Å². The Morgan fingerprint density at radius 3 is 2.43 bits per heavy atom. The van der Waals surface area contributed by atoms with E-state index >= 15 is 0 Å². The van der Waals surface area contributed by atoms with E-state index < -0.39 is 12.8 Å². The van der Waals surface area contributed by atoms with E-state index in [0.717, 1.165) is 16.9 Å². The molecule has 152 valence electrons. The summed E-state index contributed by atoms with van der Waals surface area (Å²) in [5.41, 5.74) is 2.55. The number of aryl methyl sites for hydroxylation is 1. The molecule has 28 heavy (non-hydrogen) atoms. The predicted molar refractivity (Wildman–Crippen MR) is 99.1 cm³/mol. The first kappa shape index (κ1) is 21.6. The van der Waals surface area contributed by atoms with Crippen LogP contribution in [0.4, 0.5) is 18.0 Å². The van der Waals surface area contributed by atoms with Crippen LogP contribution >= 0.6 is 0 Å². The maximum Gasteiger partial charge on any atom is 0.411 e. The van der Waals surface area contributed by atoms with Crippen LogP contribution in [0.5, 0.6) is 5.75 Å². The number of rotatable bonds is 9. The van der Waals surface area contributed by atoms with Crippen molar-refractivity contribution in [1.29, 1.82) is 0 Å². The van der Waals surface area contributed by atoms with Crippen LogP contribution < -0.4 is 15.4 Å². The van der Waals surface area contributed by atoms with Crippen molar-refractivity contribution in [2.24, 2.45) is 0 Å². The summed E-state index contributed by atoms with van der Waals surface area (Å²) < 4.78 is 46.2. The lowest BCUT2D eigenvalue weighted by Crippen LogP contribution is -2.37. The number of hydrogen-bond acceptors (Lipinski definition) is 3. The molecule has 0 radical (unpaired) electrons. The van der Waals surface area contributed by atoms with E-state index in [9.17, 15) is 18.0 Å². The molecule has 5 nitrogen and oxygen atoms in total. The zero-order valence-electron chi connectivity index (χ0n) is 15.5. The summed E-state index contributed by atoms with van der Waals surface area (Å²) in [7, 11) is 0. The second-order valence-corrected chi connectivity index (χ2v) is 6.20. The molecule has 2 rings (SSSR count). The topological polar surface area (TPSA) is 59.6 Å². The van der Waals surface area contributed by atoms with Gasteiger partial charge in [-0.3, -0.25) is 0 Å². The van der Waals surface area contributed by atoms with Crippen molar-refractivity contribution >= 4 is 6.03 Å². The number of carbonyl (C=O) groups excluding carboxylic acids is 1. The Balaban J connectivity index is 1.61. The largest absolute Gasteiger partial charge is 0.492 e. The Labute approximate surface area is 161 Å². The summed E-state index contributed by atoms with van der Waals surface area (Å²) >= 11 is 0. The van der Waals surface area contributed by atoms with Crippen LogP contribution in [0, 0.1) is 6.92 Å². The summed E-state index contributed by atoms with van der Waals surface area (Å²) in [5.74, 6) is 0.751. The molecule has 0 unspecified atom stereocenters. The van der Waals surface area contributed by atoms with Crippen molar-refractivity contribution in [2.75, 3.05) is 19.8 Å². The van der Waals surface area contributed by atoms with Crippen LogP contribution in [0.25, 0.3) is 0 Å². The molecule has 0 bridgehead atoms. The van der Waals surface area contributed by atoms with E-state index in [-0.39, 0.29) is 12.6 Å². The van der Waals surface area contributed by atoms with Gasteiger partial charge in [0.15, 0.2) is 0 Å². The lowest BCUT2D eigenvalue weighted by atomic mass is 10.1. The van der Waals surface area contributed by atoms with Crippen LogP contribution in [0.1, 0.15) is 16.7 Å². The summed E-state index contributed by atoms with van der Waals surface area (Å²) in [5, 5.41) is 5.39. The highest BCUT2D eigenvalue weighted by Crippen LogP contribution is 2.16. The highest BCUT2D eigenvalue weighted by atomic mass is 19.4. The fourth-order valence-electron chi connectivity index (χ4n) is 2.32. The summed E-state index contributed by atoms with van der Waals surface area (Å²) in [6.45, 7) is 1.59. The number of nitrogens with one attached hydrogen (secondary N) is 2. The van der Waals surface area contributed by atoms with Crippen molar-refractivity contribution in [1.82, 2.24) is 10.6 Å². The molecule has 2 aromatic carbocycles. The first-order chi connectivity index (χ1) is 13.3. The second-order valence-electron chi connectivity index (χ2n) is 6.20.